The van der Waals surface area contributed by atoms with Gasteiger partial charge in [-0.05, 0) is 47.5 Å². The predicted molar refractivity (Wildman–Crippen MR) is 236 cm³/mol. The molecule has 57 heavy (non-hydrogen) atoms. The maximum Gasteiger partial charge on any atom is 0.164 e. The van der Waals surface area contributed by atoms with Crippen LogP contribution in [0.2, 0.25) is 0 Å². The Morgan fingerprint density at radius 3 is 2.09 bits per heavy atom. The lowest BCUT2D eigenvalue weighted by molar-refractivity contribution is 0.666. The summed E-state index contributed by atoms with van der Waals surface area (Å²) in [6.45, 7) is 0. The van der Waals surface area contributed by atoms with E-state index < -0.39 is 66.5 Å². The molecule has 0 amide bonds. The van der Waals surface area contributed by atoms with Gasteiger partial charge in [0, 0.05) is 58.4 Å². The molecule has 0 bridgehead atoms. The first kappa shape index (κ1) is 22.2. The Hall–Kier alpha value is -7.41. The van der Waals surface area contributed by atoms with Crippen LogP contribution in [0.25, 0.3) is 115 Å². The summed E-state index contributed by atoms with van der Waals surface area (Å²) >= 11 is 1.63. The van der Waals surface area contributed by atoms with Gasteiger partial charge in [0.1, 0.15) is 5.58 Å². The molecule has 0 saturated carbocycles. The number of rotatable bonds is 5. The summed E-state index contributed by atoms with van der Waals surface area (Å²) in [5.41, 5.74) is 2.69. The largest absolute Gasteiger partial charge is 0.454 e. The van der Waals surface area contributed by atoms with Crippen LogP contribution in [0.5, 0.6) is 0 Å². The Bertz CT molecular complexity index is 4230. The van der Waals surface area contributed by atoms with Gasteiger partial charge in [-0.3, -0.25) is 0 Å². The Labute approximate surface area is 347 Å². The van der Waals surface area contributed by atoms with Crippen molar-refractivity contribution < 1.29 is 20.9 Å². The van der Waals surface area contributed by atoms with Gasteiger partial charge in [-0.2, -0.15) is 0 Å². The first-order chi connectivity index (χ1) is 33.2. The van der Waals surface area contributed by atoms with Crippen LogP contribution < -0.4 is 0 Å². The third kappa shape index (κ3) is 4.98. The van der Waals surface area contributed by atoms with Gasteiger partial charge in [-0.15, -0.1) is 11.3 Å². The fourth-order valence-corrected chi connectivity index (χ4v) is 8.91. The van der Waals surface area contributed by atoms with Crippen molar-refractivity contribution in [3.63, 3.8) is 0 Å². The van der Waals surface area contributed by atoms with Gasteiger partial charge < -0.3 is 8.98 Å². The quantitative estimate of drug-likeness (QED) is 0.175. The zero-order chi connectivity index (χ0) is 47.9. The number of benzene rings is 8. The minimum atomic E-state index is -0.619. The molecule has 12 aromatic rings. The predicted octanol–water partition coefficient (Wildman–Crippen LogP) is 13.9. The molecule has 0 fully saturated rings. The first-order valence-corrected chi connectivity index (χ1v) is 18.9. The fraction of sp³-hybridized carbons (Fsp3) is 0. The van der Waals surface area contributed by atoms with Crippen LogP contribution in [0.4, 0.5) is 0 Å². The normalized spacial score (nSPS) is 14.8. The minimum absolute atomic E-state index is 0.0148. The van der Waals surface area contributed by atoms with Crippen LogP contribution in [0.3, 0.4) is 0 Å². The van der Waals surface area contributed by atoms with E-state index in [0.717, 1.165) is 31.3 Å². The number of hydrogen-bond acceptors (Lipinski definition) is 5. The Kier molecular flexibility index (Phi) is 4.90. The van der Waals surface area contributed by atoms with Crippen LogP contribution >= 0.6 is 11.3 Å². The van der Waals surface area contributed by atoms with Crippen molar-refractivity contribution in [1.82, 2.24) is 19.5 Å². The van der Waals surface area contributed by atoms with Crippen LogP contribution in [0, 0.1) is 0 Å². The zero-order valence-electron chi connectivity index (χ0n) is 41.5. The van der Waals surface area contributed by atoms with E-state index >= 15 is 0 Å². The summed E-state index contributed by atoms with van der Waals surface area (Å²) in [5.74, 6) is 0.466. The third-order valence-electron chi connectivity index (χ3n) is 10.2. The molecule has 12 rings (SSSR count). The number of hydrogen-bond donors (Lipinski definition) is 0. The summed E-state index contributed by atoms with van der Waals surface area (Å²) in [5, 5.41) is 2.15. The van der Waals surface area contributed by atoms with Crippen molar-refractivity contribution >= 4 is 75.3 Å². The molecule has 6 heteroatoms. The van der Waals surface area contributed by atoms with Crippen molar-refractivity contribution in [2.75, 3.05) is 0 Å². The van der Waals surface area contributed by atoms with Crippen LogP contribution in [-0.2, 0) is 0 Å². The van der Waals surface area contributed by atoms with Gasteiger partial charge >= 0.3 is 0 Å². The number of furan rings is 1. The molecule has 0 radical (unpaired) electrons. The summed E-state index contributed by atoms with van der Waals surface area (Å²) in [4.78, 5) is 14.9. The lowest BCUT2D eigenvalue weighted by Crippen LogP contribution is -2.00. The molecule has 0 unspecified atom stereocenters. The molecule has 4 heterocycles. The SMILES string of the molecule is [2H]c1cc2c(oc3c([2H])c([2H])c([2H])c(-c4nc(-c5ccccc5)nc(-c5ccc6c(c5)sc5cccc(-c7ccccc7)c56)n4)c32)c(-n2c3cc([2H])c([2H])c([2H])c3c3c([2H])c([2H])c([2H])c([2H])c32)c1[2H]. The van der Waals surface area contributed by atoms with E-state index in [0.29, 0.717) is 11.1 Å². The topological polar surface area (TPSA) is 56.7 Å². The molecule has 0 N–H and O–H groups in total. The van der Waals surface area contributed by atoms with E-state index in [4.69, 9.17) is 31.7 Å². The highest BCUT2D eigenvalue weighted by molar-refractivity contribution is 7.26. The summed E-state index contributed by atoms with van der Waals surface area (Å²) in [6, 6.07) is 28.3. The molecule has 8 aromatic carbocycles. The maximum atomic E-state index is 9.47. The van der Waals surface area contributed by atoms with E-state index in [1.54, 1.807) is 11.3 Å². The fourth-order valence-electron chi connectivity index (χ4n) is 7.73. The molecule has 0 aliphatic carbocycles. The molecule has 5 nitrogen and oxygen atoms in total. The van der Waals surface area contributed by atoms with Gasteiger partial charge in [0.2, 0.25) is 0 Å². The molecular weight excluding hydrogens is 717 g/mol. The molecule has 0 spiro atoms. The average molecular weight is 759 g/mol. The molecule has 0 aliphatic heterocycles. The van der Waals surface area contributed by atoms with Crippen LogP contribution in [-0.4, -0.2) is 19.5 Å². The average Bonchev–Trinajstić information content (AvgIpc) is 4.04. The second-order valence-corrected chi connectivity index (χ2v) is 14.5. The second-order valence-electron chi connectivity index (χ2n) is 13.4. The van der Waals surface area contributed by atoms with Gasteiger partial charge in [0.25, 0.3) is 0 Å². The summed E-state index contributed by atoms with van der Waals surface area (Å²) in [6.07, 6.45) is 0. The van der Waals surface area contributed by atoms with E-state index in [2.05, 4.69) is 24.3 Å². The molecular formula is C51H30N4OS. The zero-order valence-corrected chi connectivity index (χ0v) is 30.3. The molecule has 0 atom stereocenters. The van der Waals surface area contributed by atoms with E-state index in [1.807, 2.05) is 72.8 Å². The summed E-state index contributed by atoms with van der Waals surface area (Å²) < 4.78 is 117. The standard InChI is InChI=1S/C51H30N4OS/c1-3-14-31(15-4-1)34-20-13-27-44-47(34)37-29-28-33(30-45(37)57-44)50-52-49(32-16-5-2-6-17-32)53-51(54-50)39-22-12-26-43-46(39)38-21-11-25-42(48(38)56-43)55-40-23-9-7-18-35(40)36-19-8-10-24-41(36)55/h1-30H/i7D,8D,9D,10D,11D,12D,18D,19D,22D,23D,25D,26D. The van der Waals surface area contributed by atoms with Gasteiger partial charge in [0.15, 0.2) is 23.1 Å². The highest BCUT2D eigenvalue weighted by atomic mass is 32.1. The van der Waals surface area contributed by atoms with E-state index in [-0.39, 0.29) is 78.5 Å². The van der Waals surface area contributed by atoms with Crippen LogP contribution in [0.1, 0.15) is 16.4 Å². The number of nitrogens with zero attached hydrogens (tertiary/aromatic N) is 4. The molecule has 4 aromatic heterocycles. The number of para-hydroxylation sites is 3. The molecule has 266 valence electrons. The Balaban J connectivity index is 1.16. The van der Waals surface area contributed by atoms with Crippen molar-refractivity contribution in [3.8, 4) is 51.0 Å². The van der Waals surface area contributed by atoms with Crippen molar-refractivity contribution in [1.29, 1.82) is 0 Å². The van der Waals surface area contributed by atoms with Gasteiger partial charge in [-0.1, -0.05) is 145 Å². The smallest absolute Gasteiger partial charge is 0.164 e. The Morgan fingerprint density at radius 1 is 0.474 bits per heavy atom. The minimum Gasteiger partial charge on any atom is -0.454 e. The second kappa shape index (κ2) is 12.6. The van der Waals surface area contributed by atoms with Gasteiger partial charge in [-0.25, -0.2) is 15.0 Å². The van der Waals surface area contributed by atoms with E-state index in [1.165, 1.54) is 16.7 Å². The number of fused-ring (bicyclic) bond motifs is 9. The first-order valence-electron chi connectivity index (χ1n) is 24.0. The van der Waals surface area contributed by atoms with Crippen molar-refractivity contribution in [3.05, 3.63) is 182 Å². The monoisotopic (exact) mass is 758 g/mol. The van der Waals surface area contributed by atoms with Gasteiger partial charge in [0.05, 0.1) is 33.2 Å². The lowest BCUT2D eigenvalue weighted by atomic mass is 9.99. The Morgan fingerprint density at radius 2 is 1.23 bits per heavy atom. The highest BCUT2D eigenvalue weighted by Crippen LogP contribution is 2.43. The van der Waals surface area contributed by atoms with Crippen LogP contribution in [0.15, 0.2) is 186 Å². The van der Waals surface area contributed by atoms with Crippen molar-refractivity contribution in [2.24, 2.45) is 0 Å². The highest BCUT2D eigenvalue weighted by Gasteiger charge is 2.22. The summed E-state index contributed by atoms with van der Waals surface area (Å²) in [7, 11) is 0. The van der Waals surface area contributed by atoms with E-state index in [9.17, 15) is 4.11 Å². The van der Waals surface area contributed by atoms with Crippen molar-refractivity contribution in [2.45, 2.75) is 0 Å². The number of aromatic nitrogens is 4. The molecule has 0 aliphatic rings. The third-order valence-corrected chi connectivity index (χ3v) is 11.4. The number of thiophene rings is 1. The molecule has 0 saturated heterocycles. The maximum absolute atomic E-state index is 9.47. The lowest BCUT2D eigenvalue weighted by Gasteiger charge is -2.10.